The van der Waals surface area contributed by atoms with Crippen LogP contribution in [-0.2, 0) is 31.9 Å². The molecule has 6 aromatic carbocycles. The van der Waals surface area contributed by atoms with Crippen molar-refractivity contribution in [3.63, 3.8) is 0 Å². The van der Waals surface area contributed by atoms with Crippen molar-refractivity contribution in [2.24, 2.45) is 0 Å². The van der Waals surface area contributed by atoms with Gasteiger partial charge in [-0.25, -0.2) is 4.98 Å². The summed E-state index contributed by atoms with van der Waals surface area (Å²) in [5.41, 5.74) is 0.424. The van der Waals surface area contributed by atoms with Gasteiger partial charge >= 0.3 is 0 Å². The smallest absolute Gasteiger partial charge is 0.148 e. The first-order chi connectivity index (χ1) is 35.0. The molecule has 0 spiro atoms. The first-order valence-corrected chi connectivity index (χ1v) is 19.2. The zero-order valence-electron chi connectivity index (χ0n) is 51.3. The number of para-hydroxylation sites is 1. The average Bonchev–Trinajstić information content (AvgIpc) is 3.77. The number of hydrogen-bond donors (Lipinski definition) is 1. The van der Waals surface area contributed by atoms with Crippen LogP contribution in [0.4, 0.5) is 0 Å². The van der Waals surface area contributed by atoms with Gasteiger partial charge in [-0.05, 0) is 105 Å². The molecule has 0 amide bonds. The molecule has 0 saturated carbocycles. The third-order valence-corrected chi connectivity index (χ3v) is 10.4. The van der Waals surface area contributed by atoms with Crippen molar-refractivity contribution in [3.8, 4) is 67.5 Å². The van der Waals surface area contributed by atoms with E-state index in [1.165, 1.54) is 0 Å². The van der Waals surface area contributed by atoms with Crippen LogP contribution in [0.2, 0.25) is 0 Å². The van der Waals surface area contributed by atoms with E-state index < -0.39 is 96.4 Å². The number of benzene rings is 6. The Morgan fingerprint density at radius 1 is 0.733 bits per heavy atom. The van der Waals surface area contributed by atoms with E-state index in [4.69, 9.17) is 25.5 Å². The third-order valence-electron chi connectivity index (χ3n) is 10.4. The van der Waals surface area contributed by atoms with E-state index in [0.717, 1.165) is 22.3 Å². The zero-order valence-corrected chi connectivity index (χ0v) is 36.5. The molecule has 0 fully saturated rings. The van der Waals surface area contributed by atoms with Gasteiger partial charge in [-0.15, -0.1) is 29.3 Å². The fourth-order valence-electron chi connectivity index (χ4n) is 7.31. The summed E-state index contributed by atoms with van der Waals surface area (Å²) in [6.07, 6.45) is -0.757. The average molecular weight is 985 g/mol. The van der Waals surface area contributed by atoms with Crippen LogP contribution in [0.25, 0.3) is 72.7 Å². The molecule has 5 heteroatoms. The summed E-state index contributed by atoms with van der Waals surface area (Å²) in [5, 5.41) is 11.8. The van der Waals surface area contributed by atoms with Gasteiger partial charge in [0.05, 0.1) is 26.2 Å². The van der Waals surface area contributed by atoms with E-state index in [2.05, 4.69) is 11.1 Å². The minimum atomic E-state index is -3.93. The predicted molar refractivity (Wildman–Crippen MR) is 248 cm³/mol. The number of phenolic OH excluding ortho intramolecular Hbond substituents is 1. The summed E-state index contributed by atoms with van der Waals surface area (Å²) in [4.78, 5) is 9.64. The van der Waals surface area contributed by atoms with Crippen LogP contribution >= 0.6 is 0 Å². The molecule has 8 rings (SSSR count). The van der Waals surface area contributed by atoms with Crippen LogP contribution in [0, 0.1) is 19.9 Å². The van der Waals surface area contributed by atoms with Crippen LogP contribution in [0.1, 0.15) is 112 Å². The zero-order chi connectivity index (χ0) is 56.3. The molecule has 0 aliphatic carbocycles. The van der Waals surface area contributed by atoms with Crippen molar-refractivity contribution in [2.75, 3.05) is 0 Å². The molecule has 0 unspecified atom stereocenters. The Hall–Kier alpha value is -5.57. The standard InChI is InChI=1S/C55H54N3O.Pt/c1-34(2)47-33-44(23-24-45(47)38-15-12-11-13-16-38)58-50-18-14-17-46(51(50)57-53(58)48-28-35(3)27-36(4)52(48)59)40-29-41(31-43(30-40)55(8,9)10)49-32-39(25-26-56-49)37-19-21-42(22-20-37)54(5,6)7;/h11-28,30-34,59H,1-10H3;/q-1;/i5D3,6D3,7D3,19D,20D,21D,22D,25D,26D,32D,34D;. The molecule has 306 valence electrons. The minimum absolute atomic E-state index is 0. The number of rotatable bonds is 7. The molecule has 0 saturated heterocycles. The molecule has 2 aromatic heterocycles. The largest absolute Gasteiger partial charge is 0.507 e. The van der Waals surface area contributed by atoms with Crippen molar-refractivity contribution in [1.29, 1.82) is 0 Å². The molecule has 2 heterocycles. The van der Waals surface area contributed by atoms with Crippen LogP contribution in [-0.4, -0.2) is 19.6 Å². The molecular formula is C55H54N3OPt-. The van der Waals surface area contributed by atoms with Gasteiger partial charge in [-0.1, -0.05) is 151 Å². The summed E-state index contributed by atoms with van der Waals surface area (Å²) < 4.78 is 149. The van der Waals surface area contributed by atoms with Crippen molar-refractivity contribution >= 4 is 11.0 Å². The molecule has 0 aliphatic heterocycles. The number of nitrogens with zero attached hydrogens (tertiary/aromatic N) is 3. The maximum absolute atomic E-state index is 11.8. The molecule has 1 N–H and O–H groups in total. The van der Waals surface area contributed by atoms with Crippen molar-refractivity contribution < 1.29 is 49.5 Å². The Labute approximate surface area is 394 Å². The van der Waals surface area contributed by atoms with E-state index in [1.54, 1.807) is 13.0 Å². The molecule has 0 aliphatic rings. The normalized spacial score (nSPS) is 16.8. The Morgan fingerprint density at radius 3 is 2.17 bits per heavy atom. The van der Waals surface area contributed by atoms with Crippen LogP contribution in [0.15, 0.2) is 133 Å². The maximum atomic E-state index is 11.8. The summed E-state index contributed by atoms with van der Waals surface area (Å²) in [6, 6.07) is 25.5. The van der Waals surface area contributed by atoms with Gasteiger partial charge in [-0.2, -0.15) is 0 Å². The second kappa shape index (κ2) is 16.5. The second-order valence-electron chi connectivity index (χ2n) is 16.2. The van der Waals surface area contributed by atoms with Gasteiger partial charge in [0.1, 0.15) is 11.6 Å². The summed E-state index contributed by atoms with van der Waals surface area (Å²) >= 11 is 0. The van der Waals surface area contributed by atoms with Gasteiger partial charge < -0.3 is 5.11 Å². The number of aromatic hydroxyl groups is 1. The fraction of sp³-hybridized carbons (Fsp3) is 0.236. The number of aryl methyl sites for hydroxylation is 2. The molecule has 8 aromatic rings. The van der Waals surface area contributed by atoms with Gasteiger partial charge in [0.15, 0.2) is 0 Å². The molecule has 4 nitrogen and oxygen atoms in total. The Morgan fingerprint density at radius 2 is 1.47 bits per heavy atom. The quantitative estimate of drug-likeness (QED) is 0.162. The van der Waals surface area contributed by atoms with Gasteiger partial charge in [0.25, 0.3) is 0 Å². The van der Waals surface area contributed by atoms with E-state index in [9.17, 15) is 7.85 Å². The molecule has 0 radical (unpaired) electrons. The van der Waals surface area contributed by atoms with Gasteiger partial charge in [0, 0.05) is 52.3 Å². The second-order valence-corrected chi connectivity index (χ2v) is 16.2. The molecule has 0 atom stereocenters. The number of pyridine rings is 1. The summed E-state index contributed by atoms with van der Waals surface area (Å²) in [5.74, 6) is -0.646. The Balaban J connectivity index is 0.00000861. The molecular weight excluding hydrogens is 914 g/mol. The number of fused-ring (bicyclic) bond motifs is 1. The SMILES string of the molecule is [2H]c1nc(-c2[c-]c(-c3cccc4c3nc(-c3cc(C)cc(C)c3O)n4-c3ccc(-c4ccccc4)c(C([2H])(C)C)c3)cc(C(C)(C)C)c2)c([2H])c(-c2c([2H])c([2H])c(C(C([2H])([2H])[2H])(C([2H])([2H])[2H])C([2H])([2H])[2H])c([2H])c2[2H])c1[2H].[Pt]. The van der Waals surface area contributed by atoms with E-state index in [1.807, 2.05) is 131 Å². The van der Waals surface area contributed by atoms with Gasteiger partial charge in [-0.3, -0.25) is 9.55 Å². The van der Waals surface area contributed by atoms with E-state index >= 15 is 0 Å². The Kier molecular flexibility index (Phi) is 7.11. The van der Waals surface area contributed by atoms with E-state index in [-0.39, 0.29) is 38.1 Å². The fourth-order valence-corrected chi connectivity index (χ4v) is 7.31. The summed E-state index contributed by atoms with van der Waals surface area (Å²) in [7, 11) is 0. The summed E-state index contributed by atoms with van der Waals surface area (Å²) in [6.45, 7) is 1.42. The van der Waals surface area contributed by atoms with Crippen molar-refractivity contribution in [2.45, 2.75) is 85.7 Å². The molecule has 0 bridgehead atoms. The number of hydrogen-bond acceptors (Lipinski definition) is 3. The van der Waals surface area contributed by atoms with Crippen LogP contribution < -0.4 is 0 Å². The maximum Gasteiger partial charge on any atom is 0.148 e. The number of phenols is 1. The Bertz CT molecular complexity index is 3580. The first-order valence-electron chi connectivity index (χ1n) is 27.7. The first kappa shape index (κ1) is 25.9. The van der Waals surface area contributed by atoms with Crippen LogP contribution in [0.5, 0.6) is 5.75 Å². The minimum Gasteiger partial charge on any atom is -0.507 e. The predicted octanol–water partition coefficient (Wildman–Crippen LogP) is 14.6. The number of aromatic nitrogens is 3. The number of imidazole rings is 1. The monoisotopic (exact) mass is 984 g/mol. The topological polar surface area (TPSA) is 50.9 Å². The van der Waals surface area contributed by atoms with Crippen molar-refractivity contribution in [3.05, 3.63) is 167 Å². The van der Waals surface area contributed by atoms with E-state index in [0.29, 0.717) is 50.4 Å². The van der Waals surface area contributed by atoms with Crippen molar-refractivity contribution in [1.82, 2.24) is 14.5 Å². The molecule has 60 heavy (non-hydrogen) atoms. The third kappa shape index (κ3) is 8.28. The van der Waals surface area contributed by atoms with Crippen LogP contribution in [0.3, 0.4) is 0 Å². The van der Waals surface area contributed by atoms with Gasteiger partial charge in [0.2, 0.25) is 0 Å².